The van der Waals surface area contributed by atoms with Gasteiger partial charge in [0, 0.05) is 61.6 Å². The molecule has 6 heteroatoms. The van der Waals surface area contributed by atoms with E-state index in [0.29, 0.717) is 5.92 Å². The van der Waals surface area contributed by atoms with Gasteiger partial charge in [-0.3, -0.25) is 0 Å². The van der Waals surface area contributed by atoms with Crippen LogP contribution >= 0.6 is 0 Å². The monoisotopic (exact) mass is 1140 g/mol. The number of hydrogen-bond acceptors (Lipinski definition) is 5. The SMILES string of the molecule is CC(C)(C)c1ccc(N(c2ccc3c(c2)N(c2cccc(C4CCCCC4)c2)c2cc(-c4ccccc4)cc4c2B3c2oc3cc5ccccc5cc3c2N4c2ccc(C(C)(C)C)cc2-c2coc3ccccc23)c2ccccc2-c2ccccc2)cc1. The van der Waals surface area contributed by atoms with E-state index in [1.54, 1.807) is 0 Å². The van der Waals surface area contributed by atoms with Gasteiger partial charge in [0.1, 0.15) is 11.2 Å². The van der Waals surface area contributed by atoms with Crippen molar-refractivity contribution in [3.05, 3.63) is 266 Å². The number of rotatable bonds is 9. The highest BCUT2D eigenvalue weighted by atomic mass is 16.3. The molecular formula is C82H70BN3O2. The second-order valence-electron chi connectivity index (χ2n) is 26.7. The molecule has 4 heterocycles. The first-order chi connectivity index (χ1) is 42.9. The Morgan fingerprint density at radius 3 is 1.86 bits per heavy atom. The van der Waals surface area contributed by atoms with Crippen LogP contribution in [0.5, 0.6) is 0 Å². The Kier molecular flexibility index (Phi) is 12.8. The normalized spacial score (nSPS) is 14.1. The number of hydrogen-bond donors (Lipinski definition) is 0. The van der Waals surface area contributed by atoms with Gasteiger partial charge in [0.15, 0.2) is 0 Å². The third kappa shape index (κ3) is 9.06. The molecule has 11 aromatic carbocycles. The van der Waals surface area contributed by atoms with Gasteiger partial charge in [-0.05, 0) is 170 Å². The van der Waals surface area contributed by atoms with Gasteiger partial charge in [0.25, 0.3) is 6.71 Å². The summed E-state index contributed by atoms with van der Waals surface area (Å²) in [4.78, 5) is 7.67. The summed E-state index contributed by atoms with van der Waals surface area (Å²) in [7, 11) is 0. The Balaban J connectivity index is 1.02. The molecule has 16 rings (SSSR count). The lowest BCUT2D eigenvalue weighted by molar-refractivity contribution is 0.443. The minimum absolute atomic E-state index is 0.0163. The van der Waals surface area contributed by atoms with Crippen molar-refractivity contribution in [2.75, 3.05) is 14.7 Å². The first-order valence-electron chi connectivity index (χ1n) is 31.6. The topological polar surface area (TPSA) is 36.0 Å². The largest absolute Gasteiger partial charge is 0.468 e. The van der Waals surface area contributed by atoms with Crippen molar-refractivity contribution < 1.29 is 8.83 Å². The van der Waals surface area contributed by atoms with Crippen LogP contribution in [0, 0.1) is 0 Å². The van der Waals surface area contributed by atoms with Gasteiger partial charge < -0.3 is 23.5 Å². The molecule has 88 heavy (non-hydrogen) atoms. The molecule has 1 saturated carbocycles. The summed E-state index contributed by atoms with van der Waals surface area (Å²) < 4.78 is 14.2. The van der Waals surface area contributed by atoms with E-state index in [1.807, 2.05) is 6.26 Å². The van der Waals surface area contributed by atoms with Crippen LogP contribution in [0.3, 0.4) is 0 Å². The van der Waals surface area contributed by atoms with E-state index < -0.39 is 0 Å². The molecule has 2 aliphatic heterocycles. The van der Waals surface area contributed by atoms with E-state index in [9.17, 15) is 0 Å². The minimum Gasteiger partial charge on any atom is -0.468 e. The van der Waals surface area contributed by atoms with Crippen LogP contribution in [0.2, 0.25) is 0 Å². The molecule has 0 saturated heterocycles. The maximum absolute atomic E-state index is 7.72. The summed E-state index contributed by atoms with van der Waals surface area (Å²) >= 11 is 0. The summed E-state index contributed by atoms with van der Waals surface area (Å²) in [6, 6.07) is 90.7. The first kappa shape index (κ1) is 53.7. The second kappa shape index (κ2) is 21.0. The Bertz CT molecular complexity index is 4830. The summed E-state index contributed by atoms with van der Waals surface area (Å²) in [6.45, 7) is 13.5. The van der Waals surface area contributed by atoms with E-state index >= 15 is 0 Å². The molecule has 0 unspecified atom stereocenters. The van der Waals surface area contributed by atoms with Crippen LogP contribution < -0.4 is 31.3 Å². The fourth-order valence-electron chi connectivity index (χ4n) is 14.6. The van der Waals surface area contributed by atoms with Crippen LogP contribution in [0.15, 0.2) is 258 Å². The molecule has 5 nitrogen and oxygen atoms in total. The molecule has 3 aliphatic rings. The van der Waals surface area contributed by atoms with Gasteiger partial charge in [0.05, 0.1) is 29.0 Å². The molecule has 0 bridgehead atoms. The van der Waals surface area contributed by atoms with Gasteiger partial charge in [-0.1, -0.05) is 219 Å². The number of para-hydroxylation sites is 2. The van der Waals surface area contributed by atoms with Gasteiger partial charge in [-0.2, -0.15) is 0 Å². The zero-order valence-electron chi connectivity index (χ0n) is 51.0. The summed E-state index contributed by atoms with van der Waals surface area (Å²) in [5.74, 6) is 0.500. The second-order valence-corrected chi connectivity index (χ2v) is 26.7. The van der Waals surface area contributed by atoms with Gasteiger partial charge >= 0.3 is 0 Å². The van der Waals surface area contributed by atoms with Gasteiger partial charge in [0.2, 0.25) is 0 Å². The highest BCUT2D eigenvalue weighted by molar-refractivity contribution is 7.00. The van der Waals surface area contributed by atoms with Crippen LogP contribution in [0.4, 0.5) is 51.2 Å². The maximum Gasteiger partial charge on any atom is 0.297 e. The number of furan rings is 2. The smallest absolute Gasteiger partial charge is 0.297 e. The van der Waals surface area contributed by atoms with E-state index in [-0.39, 0.29) is 17.5 Å². The molecular weight excluding hydrogens is 1070 g/mol. The molecule has 13 aromatic rings. The Labute approximate surface area is 517 Å². The summed E-state index contributed by atoms with van der Waals surface area (Å²) in [5, 5.41) is 4.45. The standard InChI is InChI=1S/C82H70BN3O2/c1-81(2,3)60-37-40-62(41-38-60)84(71-35-20-18-33-65(71)55-27-14-9-15-28-55)64-42-43-70-73(51-64)85(63-32-22-31-56(45-63)53-23-10-7-11-24-53)74-47-59(54-25-12-8-13-26-54)48-75-78(74)83(70)80-79(68-46-57-29-16-17-30-58(57)49-77(68)88-80)86(75)72-44-39-61(82(4,5)6)50-67(72)69-52-87-76-36-21-19-34-66(69)76/h8-9,12-22,25-53H,7,10-11,23-24H2,1-6H3. The van der Waals surface area contributed by atoms with E-state index in [4.69, 9.17) is 8.83 Å². The number of benzene rings is 11. The molecule has 0 atom stereocenters. The number of nitrogens with zero attached hydrogens (tertiary/aromatic N) is 3. The van der Waals surface area contributed by atoms with Crippen molar-refractivity contribution in [1.29, 1.82) is 0 Å². The highest BCUT2D eigenvalue weighted by Crippen LogP contribution is 2.53. The molecule has 428 valence electrons. The van der Waals surface area contributed by atoms with Crippen LogP contribution in [0.25, 0.3) is 66.1 Å². The third-order valence-corrected chi connectivity index (χ3v) is 19.2. The Morgan fingerprint density at radius 1 is 0.443 bits per heavy atom. The molecule has 1 fully saturated rings. The highest BCUT2D eigenvalue weighted by Gasteiger charge is 2.48. The number of anilines is 9. The van der Waals surface area contributed by atoms with Gasteiger partial charge in [-0.15, -0.1) is 0 Å². The fourth-order valence-corrected chi connectivity index (χ4v) is 14.6. The molecule has 0 amide bonds. The Hall–Kier alpha value is -9.78. The molecule has 0 radical (unpaired) electrons. The predicted molar refractivity (Wildman–Crippen MR) is 372 cm³/mol. The quantitative estimate of drug-likeness (QED) is 0.135. The van der Waals surface area contributed by atoms with Crippen molar-refractivity contribution in [2.45, 2.75) is 90.4 Å². The molecule has 0 spiro atoms. The lowest BCUT2D eigenvalue weighted by atomic mass is 9.35. The van der Waals surface area contributed by atoms with Crippen molar-refractivity contribution in [3.63, 3.8) is 0 Å². The van der Waals surface area contributed by atoms with Crippen LogP contribution in [0.1, 0.15) is 96.3 Å². The number of fused-ring (bicyclic) bond motifs is 8. The lowest BCUT2D eigenvalue weighted by Crippen LogP contribution is -2.61. The first-order valence-corrected chi connectivity index (χ1v) is 31.6. The average molecular weight is 1140 g/mol. The lowest BCUT2D eigenvalue weighted by Gasteiger charge is -2.43. The molecule has 2 aromatic heterocycles. The van der Waals surface area contributed by atoms with E-state index in [0.717, 1.165) is 123 Å². The Morgan fingerprint density at radius 2 is 1.10 bits per heavy atom. The van der Waals surface area contributed by atoms with Crippen molar-refractivity contribution >= 4 is 107 Å². The maximum atomic E-state index is 7.72. The van der Waals surface area contributed by atoms with Crippen LogP contribution in [-0.2, 0) is 10.8 Å². The van der Waals surface area contributed by atoms with Gasteiger partial charge in [-0.25, -0.2) is 0 Å². The summed E-state index contributed by atoms with van der Waals surface area (Å²) in [6.07, 6.45) is 8.19. The van der Waals surface area contributed by atoms with E-state index in [2.05, 4.69) is 299 Å². The van der Waals surface area contributed by atoms with Crippen molar-refractivity contribution in [2.24, 2.45) is 0 Å². The van der Waals surface area contributed by atoms with Crippen molar-refractivity contribution in [3.8, 4) is 33.4 Å². The predicted octanol–water partition coefficient (Wildman–Crippen LogP) is 21.5. The minimum atomic E-state index is -0.304. The summed E-state index contributed by atoms with van der Waals surface area (Å²) in [5.41, 5.74) is 25.4. The van der Waals surface area contributed by atoms with Crippen molar-refractivity contribution in [1.82, 2.24) is 0 Å². The van der Waals surface area contributed by atoms with E-state index in [1.165, 1.54) is 59.7 Å². The molecule has 0 N–H and O–H groups in total. The third-order valence-electron chi connectivity index (χ3n) is 19.2. The van der Waals surface area contributed by atoms with Crippen LogP contribution in [-0.4, -0.2) is 6.71 Å². The molecule has 1 aliphatic carbocycles. The fraction of sp³-hybridized carbons (Fsp3) is 0.171. The average Bonchev–Trinajstić information content (AvgIpc) is 1.25. The zero-order valence-corrected chi connectivity index (χ0v) is 51.0. The zero-order chi connectivity index (χ0) is 59.4.